The number of carbonyl (C=O) groups excluding carboxylic acids is 1. The minimum atomic E-state index is -0.427. The van der Waals surface area contributed by atoms with Crippen LogP contribution in [0.1, 0.15) is 22.5 Å². The van der Waals surface area contributed by atoms with Gasteiger partial charge < -0.3 is 25.0 Å². The average molecular weight is 400 g/mol. The van der Waals surface area contributed by atoms with Crippen molar-refractivity contribution in [3.63, 3.8) is 0 Å². The van der Waals surface area contributed by atoms with Crippen molar-refractivity contribution >= 4 is 17.5 Å². The fourth-order valence-electron chi connectivity index (χ4n) is 2.69. The molecule has 1 amide bonds. The first-order chi connectivity index (χ1) is 14.0. The van der Waals surface area contributed by atoms with E-state index in [9.17, 15) is 9.18 Å². The van der Waals surface area contributed by atoms with E-state index >= 15 is 0 Å². The number of hydrogen-bond acceptors (Lipinski definition) is 7. The van der Waals surface area contributed by atoms with Crippen LogP contribution in [0.2, 0.25) is 0 Å². The summed E-state index contributed by atoms with van der Waals surface area (Å²) in [7, 11) is 1.61. The summed E-state index contributed by atoms with van der Waals surface area (Å²) in [5.41, 5.74) is 7.80. The van der Waals surface area contributed by atoms with Gasteiger partial charge in [0, 0.05) is 31.3 Å². The molecule has 0 saturated carbocycles. The van der Waals surface area contributed by atoms with Crippen LogP contribution in [-0.4, -0.2) is 36.4 Å². The molecular formula is C20H21FN4O4. The fourth-order valence-corrected chi connectivity index (χ4v) is 2.69. The number of nitrogens with two attached hydrogens (primary N) is 1. The summed E-state index contributed by atoms with van der Waals surface area (Å²) >= 11 is 0. The Hall–Kier alpha value is -3.46. The number of rotatable bonds is 8. The Balaban J connectivity index is 1.82. The first-order valence-corrected chi connectivity index (χ1v) is 8.90. The molecule has 8 nitrogen and oxygen atoms in total. The van der Waals surface area contributed by atoms with E-state index in [0.29, 0.717) is 47.8 Å². The van der Waals surface area contributed by atoms with Gasteiger partial charge in [-0.2, -0.15) is 0 Å². The van der Waals surface area contributed by atoms with Gasteiger partial charge in [-0.3, -0.25) is 4.79 Å². The van der Waals surface area contributed by atoms with Crippen molar-refractivity contribution in [2.75, 3.05) is 31.4 Å². The molecule has 0 aliphatic heterocycles. The van der Waals surface area contributed by atoms with Crippen LogP contribution in [0.25, 0.3) is 11.1 Å². The summed E-state index contributed by atoms with van der Waals surface area (Å²) in [6, 6.07) is 7.41. The number of ether oxygens (including phenoxy) is 2. The number of methoxy groups -OCH3 is 1. The molecule has 0 aliphatic carbocycles. The summed E-state index contributed by atoms with van der Waals surface area (Å²) in [4.78, 5) is 16.5. The van der Waals surface area contributed by atoms with Crippen molar-refractivity contribution in [1.82, 2.24) is 10.1 Å². The summed E-state index contributed by atoms with van der Waals surface area (Å²) in [5, 5.41) is 6.30. The van der Waals surface area contributed by atoms with Crippen LogP contribution in [0, 0.1) is 12.7 Å². The number of benzene rings is 1. The Morgan fingerprint density at radius 2 is 2.07 bits per heavy atom. The predicted octanol–water partition coefficient (Wildman–Crippen LogP) is 3.43. The zero-order valence-electron chi connectivity index (χ0n) is 16.1. The Bertz CT molecular complexity index is 1010. The van der Waals surface area contributed by atoms with Crippen LogP contribution < -0.4 is 15.8 Å². The monoisotopic (exact) mass is 400 g/mol. The molecule has 9 heteroatoms. The third-order valence-corrected chi connectivity index (χ3v) is 4.14. The molecule has 0 spiro atoms. The molecule has 2 aromatic heterocycles. The van der Waals surface area contributed by atoms with Gasteiger partial charge in [0.1, 0.15) is 35.0 Å². The number of aromatic nitrogens is 2. The van der Waals surface area contributed by atoms with Crippen molar-refractivity contribution in [2.45, 2.75) is 13.3 Å². The number of nitrogens with zero attached hydrogens (tertiary/aromatic N) is 2. The number of pyridine rings is 1. The molecule has 0 atom stereocenters. The summed E-state index contributed by atoms with van der Waals surface area (Å²) in [6.45, 7) is 2.62. The zero-order chi connectivity index (χ0) is 20.8. The molecule has 152 valence electrons. The normalized spacial score (nSPS) is 10.7. The fraction of sp³-hybridized carbons (Fsp3) is 0.250. The van der Waals surface area contributed by atoms with E-state index in [0.717, 1.165) is 0 Å². The maximum atomic E-state index is 13.8. The van der Waals surface area contributed by atoms with Gasteiger partial charge in [0.25, 0.3) is 5.91 Å². The Labute approximate surface area is 166 Å². The molecule has 0 unspecified atom stereocenters. The molecular weight excluding hydrogens is 379 g/mol. The lowest BCUT2D eigenvalue weighted by atomic mass is 10.0. The van der Waals surface area contributed by atoms with E-state index < -0.39 is 11.7 Å². The highest BCUT2D eigenvalue weighted by Gasteiger charge is 2.16. The van der Waals surface area contributed by atoms with Gasteiger partial charge in [-0.05, 0) is 37.3 Å². The number of amides is 1. The molecule has 3 rings (SSSR count). The van der Waals surface area contributed by atoms with Crippen molar-refractivity contribution in [3.8, 4) is 16.9 Å². The second-order valence-corrected chi connectivity index (χ2v) is 6.23. The topological polar surface area (TPSA) is 112 Å². The molecule has 0 fully saturated rings. The highest BCUT2D eigenvalue weighted by Crippen LogP contribution is 2.34. The standard InChI is InChI=1S/C20H21FN4O4/c1-12-16(11-29-25-12)20(26)24-18-7-5-14(19(22)23-18)15-10-13(21)4-6-17(15)28-9-3-8-27-2/h4-7,10-11H,3,8-9H2,1-2H3,(H3,22,23,24,26). The third-order valence-electron chi connectivity index (χ3n) is 4.14. The van der Waals surface area contributed by atoms with Crippen molar-refractivity contribution in [1.29, 1.82) is 0 Å². The molecule has 1 aromatic carbocycles. The lowest BCUT2D eigenvalue weighted by Gasteiger charge is -2.14. The van der Waals surface area contributed by atoms with Gasteiger partial charge in [-0.1, -0.05) is 5.16 Å². The van der Waals surface area contributed by atoms with Crippen molar-refractivity contribution < 1.29 is 23.2 Å². The highest BCUT2D eigenvalue weighted by atomic mass is 19.1. The van der Waals surface area contributed by atoms with Crippen LogP contribution in [0.15, 0.2) is 41.1 Å². The van der Waals surface area contributed by atoms with Crippen LogP contribution in [0.3, 0.4) is 0 Å². The van der Waals surface area contributed by atoms with Gasteiger partial charge in [-0.25, -0.2) is 9.37 Å². The quantitative estimate of drug-likeness (QED) is 0.557. The SMILES string of the molecule is COCCCOc1ccc(F)cc1-c1ccc(NC(=O)c2conc2C)nc1N. The van der Waals surface area contributed by atoms with Gasteiger partial charge >= 0.3 is 0 Å². The molecule has 0 radical (unpaired) electrons. The molecule has 3 N–H and O–H groups in total. The van der Waals surface area contributed by atoms with Crippen molar-refractivity contribution in [3.05, 3.63) is 53.7 Å². The minimum absolute atomic E-state index is 0.122. The predicted molar refractivity (Wildman–Crippen MR) is 105 cm³/mol. The number of aryl methyl sites for hydroxylation is 1. The van der Waals surface area contributed by atoms with E-state index in [1.807, 2.05) is 0 Å². The molecule has 0 aliphatic rings. The number of anilines is 2. The maximum Gasteiger partial charge on any atom is 0.262 e. The third kappa shape index (κ3) is 4.88. The Morgan fingerprint density at radius 3 is 2.76 bits per heavy atom. The van der Waals surface area contributed by atoms with E-state index in [4.69, 9.17) is 19.7 Å². The number of nitrogens with one attached hydrogen (secondary N) is 1. The maximum absolute atomic E-state index is 13.8. The largest absolute Gasteiger partial charge is 0.493 e. The molecule has 0 bridgehead atoms. The van der Waals surface area contributed by atoms with Gasteiger partial charge in [0.05, 0.1) is 12.3 Å². The van der Waals surface area contributed by atoms with Crippen LogP contribution >= 0.6 is 0 Å². The minimum Gasteiger partial charge on any atom is -0.493 e. The van der Waals surface area contributed by atoms with Gasteiger partial charge in [0.2, 0.25) is 0 Å². The average Bonchev–Trinajstić information content (AvgIpc) is 3.12. The van der Waals surface area contributed by atoms with E-state index in [1.54, 1.807) is 32.2 Å². The Morgan fingerprint density at radius 1 is 1.24 bits per heavy atom. The molecule has 0 saturated heterocycles. The summed E-state index contributed by atoms with van der Waals surface area (Å²) in [5.74, 6) is 0.00107. The first-order valence-electron chi connectivity index (χ1n) is 8.90. The van der Waals surface area contributed by atoms with Crippen LogP contribution in [0.4, 0.5) is 16.0 Å². The molecule has 29 heavy (non-hydrogen) atoms. The van der Waals surface area contributed by atoms with E-state index in [2.05, 4.69) is 15.5 Å². The zero-order valence-corrected chi connectivity index (χ0v) is 16.1. The number of nitrogen functional groups attached to an aromatic ring is 1. The van der Waals surface area contributed by atoms with Crippen LogP contribution in [-0.2, 0) is 4.74 Å². The van der Waals surface area contributed by atoms with Gasteiger partial charge in [0.15, 0.2) is 0 Å². The van der Waals surface area contributed by atoms with E-state index in [1.165, 1.54) is 18.4 Å². The molecule has 3 aromatic rings. The smallest absolute Gasteiger partial charge is 0.262 e. The number of carbonyl (C=O) groups is 1. The van der Waals surface area contributed by atoms with E-state index in [-0.39, 0.29) is 11.6 Å². The lowest BCUT2D eigenvalue weighted by molar-refractivity contribution is 0.102. The number of halogens is 1. The van der Waals surface area contributed by atoms with Crippen LogP contribution in [0.5, 0.6) is 5.75 Å². The highest BCUT2D eigenvalue weighted by molar-refractivity contribution is 6.04. The molecule has 2 heterocycles. The first kappa shape index (κ1) is 20.3. The Kier molecular flexibility index (Phi) is 6.40. The van der Waals surface area contributed by atoms with Gasteiger partial charge in [-0.15, -0.1) is 0 Å². The number of hydrogen-bond donors (Lipinski definition) is 2. The lowest BCUT2D eigenvalue weighted by Crippen LogP contribution is -2.14. The second kappa shape index (κ2) is 9.16. The van der Waals surface area contributed by atoms with Crippen molar-refractivity contribution in [2.24, 2.45) is 0 Å². The summed E-state index contributed by atoms with van der Waals surface area (Å²) < 4.78 is 29.3. The summed E-state index contributed by atoms with van der Waals surface area (Å²) in [6.07, 6.45) is 1.94. The second-order valence-electron chi connectivity index (χ2n) is 6.23.